The molecule has 0 aliphatic carbocycles. The highest BCUT2D eigenvalue weighted by molar-refractivity contribution is 5.81. The topological polar surface area (TPSA) is 55.3 Å². The van der Waals surface area contributed by atoms with Gasteiger partial charge in [-0.1, -0.05) is 0 Å². The molecule has 0 amide bonds. The Morgan fingerprint density at radius 2 is 2.46 bits per heavy atom. The molecule has 5 heteroatoms. The number of carboxylic acid groups (broad SMARTS) is 1. The minimum Gasteiger partial charge on any atom is -0.472 e. The fraction of sp³-hybridized carbons (Fsp3) is 0.500. The first-order valence-corrected chi connectivity index (χ1v) is 3.94. The van der Waals surface area contributed by atoms with Crippen LogP contribution in [-0.2, 0) is 18.3 Å². The molecule has 5 nitrogen and oxygen atoms in total. The summed E-state index contributed by atoms with van der Waals surface area (Å²) in [4.78, 5) is 10.8. The van der Waals surface area contributed by atoms with E-state index in [1.54, 1.807) is 35.7 Å². The van der Waals surface area contributed by atoms with Gasteiger partial charge in [0.1, 0.15) is 18.9 Å². The van der Waals surface area contributed by atoms with Crippen molar-refractivity contribution in [2.45, 2.75) is 6.54 Å². The highest BCUT2D eigenvalue weighted by atomic mass is 16.5. The molecule has 0 spiro atoms. The number of hydrogen-bond acceptors (Lipinski definition) is 2. The molecule has 13 heavy (non-hydrogen) atoms. The average molecular weight is 185 g/mol. The number of carbonyl (C=O) groups is 1. The van der Waals surface area contributed by atoms with Crippen LogP contribution in [0.15, 0.2) is 12.4 Å². The summed E-state index contributed by atoms with van der Waals surface area (Å²) in [5, 5.41) is 8.85. The molecule has 1 aromatic heterocycles. The standard InChI is InChI=1S/C8H12N2O3/c1-9-3-4-10(5-6-13-2)7(9)8(11)12/h3-4H,5-6H2,1-2H3/p+1. The zero-order valence-corrected chi connectivity index (χ0v) is 7.73. The zero-order valence-electron chi connectivity index (χ0n) is 7.73. The lowest BCUT2D eigenvalue weighted by Gasteiger charge is -1.97. The van der Waals surface area contributed by atoms with Crippen molar-refractivity contribution in [3.63, 3.8) is 0 Å². The Labute approximate surface area is 76.2 Å². The molecule has 0 aliphatic rings. The predicted molar refractivity (Wildman–Crippen MR) is 44.4 cm³/mol. The highest BCUT2D eigenvalue weighted by Crippen LogP contribution is 1.94. The molecule has 1 aromatic rings. The number of rotatable bonds is 4. The van der Waals surface area contributed by atoms with E-state index < -0.39 is 5.97 Å². The predicted octanol–water partition coefficient (Wildman–Crippen LogP) is -0.343. The Morgan fingerprint density at radius 3 is 3.00 bits per heavy atom. The number of nitrogens with zero attached hydrogens (tertiary/aromatic N) is 2. The number of aromatic nitrogens is 2. The van der Waals surface area contributed by atoms with Crippen LogP contribution in [0.5, 0.6) is 0 Å². The van der Waals surface area contributed by atoms with E-state index in [1.165, 1.54) is 0 Å². The van der Waals surface area contributed by atoms with Crippen molar-refractivity contribution >= 4 is 5.97 Å². The van der Waals surface area contributed by atoms with E-state index in [0.717, 1.165) is 0 Å². The number of methoxy groups -OCH3 is 1. The van der Waals surface area contributed by atoms with Gasteiger partial charge in [0.25, 0.3) is 0 Å². The number of hydrogen-bond donors (Lipinski definition) is 1. The van der Waals surface area contributed by atoms with Crippen molar-refractivity contribution in [3.8, 4) is 0 Å². The summed E-state index contributed by atoms with van der Waals surface area (Å²) in [7, 11) is 3.29. The molecule has 0 bridgehead atoms. The Balaban J connectivity index is 2.87. The van der Waals surface area contributed by atoms with E-state index in [4.69, 9.17) is 9.84 Å². The summed E-state index contributed by atoms with van der Waals surface area (Å²) in [5.41, 5.74) is 0. The Kier molecular flexibility index (Phi) is 3.02. The lowest BCUT2D eigenvalue weighted by Crippen LogP contribution is -2.35. The molecule has 1 N–H and O–H groups in total. The first-order chi connectivity index (χ1) is 6.16. The fourth-order valence-corrected chi connectivity index (χ4v) is 1.17. The van der Waals surface area contributed by atoms with Crippen molar-refractivity contribution in [3.05, 3.63) is 18.2 Å². The third-order valence-electron chi connectivity index (χ3n) is 1.80. The van der Waals surface area contributed by atoms with Crippen LogP contribution in [0.3, 0.4) is 0 Å². The van der Waals surface area contributed by atoms with E-state index in [9.17, 15) is 4.79 Å². The number of ether oxygens (including phenoxy) is 1. The van der Waals surface area contributed by atoms with Crippen LogP contribution in [-0.4, -0.2) is 29.4 Å². The summed E-state index contributed by atoms with van der Waals surface area (Å²) >= 11 is 0. The monoisotopic (exact) mass is 185 g/mol. The van der Waals surface area contributed by atoms with Gasteiger partial charge in [-0.25, -0.2) is 13.9 Å². The smallest absolute Gasteiger partial charge is 0.419 e. The number of aryl methyl sites for hydroxylation is 1. The van der Waals surface area contributed by atoms with Crippen LogP contribution in [0.25, 0.3) is 0 Å². The third-order valence-corrected chi connectivity index (χ3v) is 1.80. The highest BCUT2D eigenvalue weighted by Gasteiger charge is 2.21. The molecule has 1 rings (SSSR count). The van der Waals surface area contributed by atoms with E-state index in [0.29, 0.717) is 13.2 Å². The van der Waals surface area contributed by atoms with Crippen molar-refractivity contribution in [1.29, 1.82) is 0 Å². The minimum absolute atomic E-state index is 0.261. The third kappa shape index (κ3) is 2.06. The van der Waals surface area contributed by atoms with Crippen LogP contribution in [0, 0.1) is 0 Å². The Morgan fingerprint density at radius 1 is 1.77 bits per heavy atom. The molecular weight excluding hydrogens is 172 g/mol. The van der Waals surface area contributed by atoms with E-state index >= 15 is 0 Å². The van der Waals surface area contributed by atoms with Gasteiger partial charge < -0.3 is 9.84 Å². The number of carboxylic acids is 1. The largest absolute Gasteiger partial charge is 0.472 e. The molecule has 0 radical (unpaired) electrons. The maximum atomic E-state index is 10.8. The molecule has 0 aromatic carbocycles. The minimum atomic E-state index is -0.927. The van der Waals surface area contributed by atoms with E-state index in [1.807, 2.05) is 0 Å². The van der Waals surface area contributed by atoms with Gasteiger partial charge in [-0.05, 0) is 0 Å². The molecule has 0 saturated carbocycles. The van der Waals surface area contributed by atoms with Gasteiger partial charge in [0.05, 0.1) is 13.7 Å². The Bertz CT molecular complexity index is 306. The maximum absolute atomic E-state index is 10.8. The van der Waals surface area contributed by atoms with Crippen LogP contribution in [0.2, 0.25) is 0 Å². The van der Waals surface area contributed by atoms with Crippen molar-refractivity contribution in [2.24, 2.45) is 7.05 Å². The second kappa shape index (κ2) is 4.04. The number of imidazole rings is 1. The summed E-state index contributed by atoms with van der Waals surface area (Å²) < 4.78 is 8.08. The van der Waals surface area contributed by atoms with Crippen LogP contribution < -0.4 is 4.57 Å². The first kappa shape index (κ1) is 9.73. The lowest BCUT2D eigenvalue weighted by atomic mass is 10.5. The summed E-state index contributed by atoms with van der Waals surface area (Å²) in [6.45, 7) is 1.06. The average Bonchev–Trinajstić information content (AvgIpc) is 2.43. The van der Waals surface area contributed by atoms with Crippen LogP contribution in [0.1, 0.15) is 10.6 Å². The van der Waals surface area contributed by atoms with Gasteiger partial charge >= 0.3 is 11.8 Å². The normalized spacial score (nSPS) is 10.3. The molecule has 0 saturated heterocycles. The van der Waals surface area contributed by atoms with Crippen molar-refractivity contribution in [1.82, 2.24) is 4.57 Å². The summed E-state index contributed by atoms with van der Waals surface area (Å²) in [6, 6.07) is 0. The molecule has 1 heterocycles. The SMILES string of the molecule is COCCn1cc[n+](C)c1C(=O)O. The maximum Gasteiger partial charge on any atom is 0.419 e. The van der Waals surface area contributed by atoms with Crippen molar-refractivity contribution in [2.75, 3.05) is 13.7 Å². The lowest BCUT2D eigenvalue weighted by molar-refractivity contribution is -0.673. The Hall–Kier alpha value is -1.36. The molecular formula is C8H13N2O3+. The molecule has 72 valence electrons. The molecule has 0 atom stereocenters. The van der Waals surface area contributed by atoms with Gasteiger partial charge in [-0.3, -0.25) is 0 Å². The van der Waals surface area contributed by atoms with Gasteiger partial charge in [-0.15, -0.1) is 0 Å². The fourth-order valence-electron chi connectivity index (χ4n) is 1.17. The molecule has 0 aliphatic heterocycles. The molecule has 0 fully saturated rings. The van der Waals surface area contributed by atoms with E-state index in [-0.39, 0.29) is 5.82 Å². The van der Waals surface area contributed by atoms with Gasteiger partial charge in [0.2, 0.25) is 0 Å². The summed E-state index contributed by atoms with van der Waals surface area (Å²) in [5.74, 6) is -0.666. The summed E-state index contributed by atoms with van der Waals surface area (Å²) in [6.07, 6.45) is 3.43. The van der Waals surface area contributed by atoms with Crippen LogP contribution in [0.4, 0.5) is 0 Å². The zero-order chi connectivity index (χ0) is 9.84. The second-order valence-corrected chi connectivity index (χ2v) is 2.72. The van der Waals surface area contributed by atoms with Gasteiger partial charge in [0.15, 0.2) is 0 Å². The van der Waals surface area contributed by atoms with E-state index in [2.05, 4.69) is 0 Å². The first-order valence-electron chi connectivity index (χ1n) is 3.94. The van der Waals surface area contributed by atoms with Crippen LogP contribution >= 0.6 is 0 Å². The van der Waals surface area contributed by atoms with Gasteiger partial charge in [-0.2, -0.15) is 0 Å². The number of aromatic carboxylic acids is 1. The van der Waals surface area contributed by atoms with Crippen molar-refractivity contribution < 1.29 is 19.2 Å². The molecule has 0 unspecified atom stereocenters. The second-order valence-electron chi connectivity index (χ2n) is 2.72. The quantitative estimate of drug-likeness (QED) is 0.653. The van der Waals surface area contributed by atoms with Gasteiger partial charge in [0, 0.05) is 7.11 Å².